The number of hydrogen-bond acceptors (Lipinski definition) is 5. The molecule has 1 aromatic carbocycles. The molecule has 0 aliphatic carbocycles. The Balaban J connectivity index is 2.13. The Morgan fingerprint density at radius 3 is 2.77 bits per heavy atom. The zero-order chi connectivity index (χ0) is 19.0. The predicted octanol–water partition coefficient (Wildman–Crippen LogP) is 2.57. The van der Waals surface area contributed by atoms with E-state index in [0.717, 1.165) is 5.56 Å². The fourth-order valence-electron chi connectivity index (χ4n) is 2.51. The van der Waals surface area contributed by atoms with Gasteiger partial charge >= 0.3 is 0 Å². The predicted molar refractivity (Wildman–Crippen MR) is 103 cm³/mol. The van der Waals surface area contributed by atoms with E-state index in [0.29, 0.717) is 10.6 Å². The van der Waals surface area contributed by atoms with Gasteiger partial charge in [0.1, 0.15) is 17.4 Å². The molecule has 6 nitrogen and oxygen atoms in total. The fraction of sp³-hybridized carbons (Fsp3) is 0.111. The van der Waals surface area contributed by atoms with Crippen LogP contribution in [0.25, 0.3) is 17.0 Å². The van der Waals surface area contributed by atoms with Crippen LogP contribution in [0.2, 0.25) is 5.02 Å². The number of thiocarbonyl (C=S) groups is 1. The standard InChI is InChI=1S/C18H13ClN2O4S/c1-3-4-21-17(24)12(16(23)20-18(21)26)6-10-8-25-14-5-9(2)13(19)7-11(14)15(10)22/h3,5-8H,1,4H2,2H3,(H,20,23,26). The van der Waals surface area contributed by atoms with Gasteiger partial charge in [0.15, 0.2) is 10.5 Å². The van der Waals surface area contributed by atoms with Crippen LogP contribution in [0.5, 0.6) is 0 Å². The van der Waals surface area contributed by atoms with E-state index in [1.165, 1.54) is 29.4 Å². The number of nitrogens with zero attached hydrogens (tertiary/aromatic N) is 1. The summed E-state index contributed by atoms with van der Waals surface area (Å²) in [6.07, 6.45) is 3.87. The zero-order valence-electron chi connectivity index (χ0n) is 13.7. The molecule has 2 heterocycles. The van der Waals surface area contributed by atoms with E-state index in [4.69, 9.17) is 28.2 Å². The van der Waals surface area contributed by atoms with Gasteiger partial charge in [0, 0.05) is 11.6 Å². The maximum absolute atomic E-state index is 12.7. The highest BCUT2D eigenvalue weighted by Gasteiger charge is 2.32. The van der Waals surface area contributed by atoms with E-state index < -0.39 is 17.2 Å². The Hall–Kier alpha value is -2.77. The van der Waals surface area contributed by atoms with Crippen LogP contribution in [0.1, 0.15) is 11.1 Å². The minimum Gasteiger partial charge on any atom is -0.463 e. The summed E-state index contributed by atoms with van der Waals surface area (Å²) in [6, 6.07) is 3.15. The minimum atomic E-state index is -0.679. The SMILES string of the molecule is C=CCN1C(=O)C(=Cc2coc3cc(C)c(Cl)cc3c2=O)C(=O)NC1=S. The molecule has 2 amide bonds. The molecule has 1 aliphatic heterocycles. The molecule has 0 saturated carbocycles. The first kappa shape index (κ1) is 18.0. The Bertz CT molecular complexity index is 1070. The second-order valence-corrected chi connectivity index (χ2v) is 6.43. The van der Waals surface area contributed by atoms with Crippen LogP contribution in [-0.2, 0) is 9.59 Å². The number of fused-ring (bicyclic) bond motifs is 1. The summed E-state index contributed by atoms with van der Waals surface area (Å²) in [5.41, 5.74) is 0.578. The zero-order valence-corrected chi connectivity index (χ0v) is 15.2. The molecule has 1 fully saturated rings. The van der Waals surface area contributed by atoms with Gasteiger partial charge in [0.05, 0.1) is 10.9 Å². The van der Waals surface area contributed by atoms with Crippen LogP contribution in [0, 0.1) is 6.92 Å². The molecule has 3 rings (SSSR count). The van der Waals surface area contributed by atoms with Crippen molar-refractivity contribution in [1.29, 1.82) is 0 Å². The number of benzene rings is 1. The van der Waals surface area contributed by atoms with Crippen molar-refractivity contribution >= 4 is 57.8 Å². The molecule has 1 aliphatic rings. The van der Waals surface area contributed by atoms with Gasteiger partial charge in [-0.15, -0.1) is 6.58 Å². The van der Waals surface area contributed by atoms with E-state index in [-0.39, 0.29) is 28.2 Å². The molecule has 2 aromatic rings. The summed E-state index contributed by atoms with van der Waals surface area (Å²) >= 11 is 11.1. The molecule has 0 atom stereocenters. The summed E-state index contributed by atoms with van der Waals surface area (Å²) in [5.74, 6) is -1.29. The lowest BCUT2D eigenvalue weighted by Gasteiger charge is -2.27. The van der Waals surface area contributed by atoms with Crippen LogP contribution >= 0.6 is 23.8 Å². The van der Waals surface area contributed by atoms with Crippen LogP contribution in [-0.4, -0.2) is 28.4 Å². The largest absolute Gasteiger partial charge is 0.463 e. The van der Waals surface area contributed by atoms with Gasteiger partial charge in [-0.3, -0.25) is 24.6 Å². The summed E-state index contributed by atoms with van der Waals surface area (Å²) in [7, 11) is 0. The van der Waals surface area contributed by atoms with E-state index in [1.54, 1.807) is 13.0 Å². The first-order chi connectivity index (χ1) is 12.3. The number of halogens is 1. The molecule has 0 radical (unpaired) electrons. The van der Waals surface area contributed by atoms with Crippen molar-refractivity contribution < 1.29 is 14.0 Å². The molecular formula is C18H13ClN2O4S. The number of nitrogens with one attached hydrogen (secondary N) is 1. The third-order valence-corrected chi connectivity index (χ3v) is 4.61. The number of carbonyl (C=O) groups is 2. The van der Waals surface area contributed by atoms with Crippen molar-refractivity contribution in [1.82, 2.24) is 10.2 Å². The van der Waals surface area contributed by atoms with Gasteiger partial charge in [-0.2, -0.15) is 0 Å². The summed E-state index contributed by atoms with van der Waals surface area (Å²) < 4.78 is 5.47. The van der Waals surface area contributed by atoms with Gasteiger partial charge < -0.3 is 4.42 Å². The van der Waals surface area contributed by atoms with Gasteiger partial charge in [-0.25, -0.2) is 0 Å². The maximum atomic E-state index is 12.7. The summed E-state index contributed by atoms with van der Waals surface area (Å²) in [5, 5.41) is 3.09. The molecule has 0 spiro atoms. The fourth-order valence-corrected chi connectivity index (χ4v) is 2.92. The lowest BCUT2D eigenvalue weighted by Crippen LogP contribution is -2.53. The van der Waals surface area contributed by atoms with Crippen molar-refractivity contribution in [2.75, 3.05) is 6.54 Å². The lowest BCUT2D eigenvalue weighted by atomic mass is 10.1. The monoisotopic (exact) mass is 388 g/mol. The van der Waals surface area contributed by atoms with Crippen molar-refractivity contribution in [3.05, 3.63) is 63.0 Å². The van der Waals surface area contributed by atoms with Gasteiger partial charge in [0.25, 0.3) is 11.8 Å². The Morgan fingerprint density at radius 2 is 2.08 bits per heavy atom. The van der Waals surface area contributed by atoms with Gasteiger partial charge in [0.2, 0.25) is 0 Å². The number of hydrogen-bond donors (Lipinski definition) is 1. The van der Waals surface area contributed by atoms with Crippen LogP contribution < -0.4 is 10.7 Å². The van der Waals surface area contributed by atoms with Crippen LogP contribution in [0.4, 0.5) is 0 Å². The molecule has 1 aromatic heterocycles. The molecule has 0 bridgehead atoms. The normalized spacial score (nSPS) is 16.3. The lowest BCUT2D eigenvalue weighted by molar-refractivity contribution is -0.128. The number of carbonyl (C=O) groups excluding carboxylic acids is 2. The Labute approximate surface area is 158 Å². The van der Waals surface area contributed by atoms with Crippen LogP contribution in [0.15, 0.2) is 45.8 Å². The molecule has 8 heteroatoms. The molecule has 26 heavy (non-hydrogen) atoms. The van der Waals surface area contributed by atoms with Crippen molar-refractivity contribution in [3.8, 4) is 0 Å². The van der Waals surface area contributed by atoms with Crippen LogP contribution in [0.3, 0.4) is 0 Å². The minimum absolute atomic E-state index is 0.00940. The molecular weight excluding hydrogens is 376 g/mol. The average molecular weight is 389 g/mol. The highest BCUT2D eigenvalue weighted by molar-refractivity contribution is 7.80. The highest BCUT2D eigenvalue weighted by atomic mass is 35.5. The number of amides is 2. The highest BCUT2D eigenvalue weighted by Crippen LogP contribution is 2.22. The second kappa shape index (κ2) is 6.86. The van der Waals surface area contributed by atoms with E-state index in [1.807, 2.05) is 0 Å². The first-order valence-corrected chi connectivity index (χ1v) is 8.33. The van der Waals surface area contributed by atoms with Crippen molar-refractivity contribution in [3.63, 3.8) is 0 Å². The molecule has 132 valence electrons. The van der Waals surface area contributed by atoms with Crippen molar-refractivity contribution in [2.24, 2.45) is 0 Å². The number of rotatable bonds is 3. The molecule has 1 saturated heterocycles. The topological polar surface area (TPSA) is 79.6 Å². The smallest absolute Gasteiger partial charge is 0.265 e. The summed E-state index contributed by atoms with van der Waals surface area (Å²) in [4.78, 5) is 38.5. The van der Waals surface area contributed by atoms with Crippen molar-refractivity contribution in [2.45, 2.75) is 6.92 Å². The molecule has 0 unspecified atom stereocenters. The number of aryl methyl sites for hydroxylation is 1. The molecule has 1 N–H and O–H groups in total. The van der Waals surface area contributed by atoms with E-state index in [9.17, 15) is 14.4 Å². The first-order valence-electron chi connectivity index (χ1n) is 7.55. The third kappa shape index (κ3) is 3.07. The third-order valence-electron chi connectivity index (χ3n) is 3.88. The van der Waals surface area contributed by atoms with E-state index >= 15 is 0 Å². The maximum Gasteiger partial charge on any atom is 0.265 e. The van der Waals surface area contributed by atoms with Gasteiger partial charge in [-0.1, -0.05) is 17.7 Å². The second-order valence-electron chi connectivity index (χ2n) is 5.64. The van der Waals surface area contributed by atoms with E-state index in [2.05, 4.69) is 11.9 Å². The summed E-state index contributed by atoms with van der Waals surface area (Å²) in [6.45, 7) is 5.48. The van der Waals surface area contributed by atoms with Gasteiger partial charge in [-0.05, 0) is 42.9 Å². The Kier molecular flexibility index (Phi) is 4.76. The Morgan fingerprint density at radius 1 is 1.35 bits per heavy atom. The quantitative estimate of drug-likeness (QED) is 0.378. The average Bonchev–Trinajstić information content (AvgIpc) is 2.59.